The molecule has 0 aromatic heterocycles. The van der Waals surface area contributed by atoms with Gasteiger partial charge in [0.25, 0.3) is 0 Å². The van der Waals surface area contributed by atoms with Crippen LogP contribution < -0.4 is 5.32 Å². The molecule has 1 saturated carbocycles. The fourth-order valence-corrected chi connectivity index (χ4v) is 1.69. The van der Waals surface area contributed by atoms with E-state index in [9.17, 15) is 9.50 Å². The van der Waals surface area contributed by atoms with Crippen LogP contribution in [-0.4, -0.2) is 28.9 Å². The van der Waals surface area contributed by atoms with Gasteiger partial charge >= 0.3 is 0 Å². The first-order valence-corrected chi connectivity index (χ1v) is 5.45. The SMILES string of the molecule is OCC1(NCC(O)c2cccc(F)c2)CC1. The monoisotopic (exact) mass is 225 g/mol. The van der Waals surface area contributed by atoms with Gasteiger partial charge < -0.3 is 15.5 Å². The maximum absolute atomic E-state index is 12.9. The molecule has 0 heterocycles. The lowest BCUT2D eigenvalue weighted by Gasteiger charge is -2.18. The van der Waals surface area contributed by atoms with E-state index in [-0.39, 0.29) is 18.0 Å². The van der Waals surface area contributed by atoms with Crippen LogP contribution in [0.25, 0.3) is 0 Å². The number of benzene rings is 1. The zero-order valence-corrected chi connectivity index (χ0v) is 8.99. The Bertz CT molecular complexity index is 366. The highest BCUT2D eigenvalue weighted by atomic mass is 19.1. The number of hydrogen-bond donors (Lipinski definition) is 3. The minimum absolute atomic E-state index is 0.0862. The molecule has 0 amide bonds. The number of rotatable bonds is 5. The smallest absolute Gasteiger partial charge is 0.123 e. The Morgan fingerprint density at radius 2 is 2.19 bits per heavy atom. The minimum atomic E-state index is -0.736. The Morgan fingerprint density at radius 3 is 2.75 bits per heavy atom. The van der Waals surface area contributed by atoms with Crippen molar-refractivity contribution in [2.75, 3.05) is 13.2 Å². The third-order valence-corrected chi connectivity index (χ3v) is 3.06. The van der Waals surface area contributed by atoms with Crippen LogP contribution in [0.3, 0.4) is 0 Å². The average molecular weight is 225 g/mol. The molecule has 3 nitrogen and oxygen atoms in total. The molecule has 0 bridgehead atoms. The quantitative estimate of drug-likeness (QED) is 0.700. The summed E-state index contributed by atoms with van der Waals surface area (Å²) in [6.07, 6.45) is 1.12. The molecule has 0 aliphatic heterocycles. The summed E-state index contributed by atoms with van der Waals surface area (Å²) in [7, 11) is 0. The highest BCUT2D eigenvalue weighted by Crippen LogP contribution is 2.34. The zero-order valence-electron chi connectivity index (χ0n) is 8.99. The molecule has 1 aliphatic carbocycles. The van der Waals surface area contributed by atoms with Crippen LogP contribution in [0.2, 0.25) is 0 Å². The number of aliphatic hydroxyl groups is 2. The minimum Gasteiger partial charge on any atom is -0.394 e. The fourth-order valence-electron chi connectivity index (χ4n) is 1.69. The normalized spacial score (nSPS) is 19.4. The predicted molar refractivity (Wildman–Crippen MR) is 58.4 cm³/mol. The molecule has 0 saturated heterocycles. The molecule has 1 aromatic carbocycles. The lowest BCUT2D eigenvalue weighted by Crippen LogP contribution is -2.37. The van der Waals surface area contributed by atoms with Crippen molar-refractivity contribution in [1.29, 1.82) is 0 Å². The van der Waals surface area contributed by atoms with Crippen molar-refractivity contribution in [3.8, 4) is 0 Å². The Labute approximate surface area is 93.9 Å². The lowest BCUT2D eigenvalue weighted by molar-refractivity contribution is 0.154. The van der Waals surface area contributed by atoms with Gasteiger partial charge in [-0.05, 0) is 30.5 Å². The summed E-state index contributed by atoms with van der Waals surface area (Å²) in [6.45, 7) is 0.423. The Morgan fingerprint density at radius 1 is 1.44 bits per heavy atom. The molecule has 2 rings (SSSR count). The molecule has 88 valence electrons. The number of nitrogens with one attached hydrogen (secondary N) is 1. The molecule has 1 fully saturated rings. The van der Waals surface area contributed by atoms with E-state index in [0.29, 0.717) is 12.1 Å². The highest BCUT2D eigenvalue weighted by molar-refractivity contribution is 5.19. The molecule has 4 heteroatoms. The largest absolute Gasteiger partial charge is 0.394 e. The van der Waals surface area contributed by atoms with E-state index in [1.807, 2.05) is 0 Å². The van der Waals surface area contributed by atoms with Crippen LogP contribution in [0.1, 0.15) is 24.5 Å². The van der Waals surface area contributed by atoms with Crippen molar-refractivity contribution in [3.05, 3.63) is 35.6 Å². The zero-order chi connectivity index (χ0) is 11.6. The molecular formula is C12H16FNO2. The molecule has 1 atom stereocenters. The second-order valence-electron chi connectivity index (χ2n) is 4.39. The van der Waals surface area contributed by atoms with E-state index in [1.165, 1.54) is 12.1 Å². The summed E-state index contributed by atoms with van der Waals surface area (Å²) in [5, 5.41) is 22.0. The Hall–Kier alpha value is -0.970. The van der Waals surface area contributed by atoms with Gasteiger partial charge in [-0.15, -0.1) is 0 Å². The summed E-state index contributed by atoms with van der Waals surface area (Å²) < 4.78 is 12.9. The number of halogens is 1. The van der Waals surface area contributed by atoms with E-state index in [1.54, 1.807) is 12.1 Å². The number of β-amino-alcohol motifs (C(OH)–C–C–N with tert-alkyl or cyclic N) is 1. The third kappa shape index (κ3) is 2.58. The van der Waals surface area contributed by atoms with Crippen LogP contribution in [-0.2, 0) is 0 Å². The lowest BCUT2D eigenvalue weighted by atomic mass is 10.1. The second kappa shape index (κ2) is 4.49. The van der Waals surface area contributed by atoms with Gasteiger partial charge in [0, 0.05) is 12.1 Å². The van der Waals surface area contributed by atoms with Crippen molar-refractivity contribution in [1.82, 2.24) is 5.32 Å². The van der Waals surface area contributed by atoms with E-state index >= 15 is 0 Å². The molecule has 16 heavy (non-hydrogen) atoms. The maximum atomic E-state index is 12.9. The predicted octanol–water partition coefficient (Wildman–Crippen LogP) is 0.974. The van der Waals surface area contributed by atoms with Crippen molar-refractivity contribution in [2.45, 2.75) is 24.5 Å². The van der Waals surface area contributed by atoms with Gasteiger partial charge in [-0.3, -0.25) is 0 Å². The van der Waals surface area contributed by atoms with Gasteiger partial charge in [-0.2, -0.15) is 0 Å². The van der Waals surface area contributed by atoms with E-state index < -0.39 is 6.10 Å². The van der Waals surface area contributed by atoms with Gasteiger partial charge in [0.15, 0.2) is 0 Å². The second-order valence-corrected chi connectivity index (χ2v) is 4.39. The van der Waals surface area contributed by atoms with Crippen LogP contribution in [0, 0.1) is 5.82 Å². The van der Waals surface area contributed by atoms with Crippen molar-refractivity contribution in [2.24, 2.45) is 0 Å². The topological polar surface area (TPSA) is 52.5 Å². The van der Waals surface area contributed by atoms with Gasteiger partial charge in [0.2, 0.25) is 0 Å². The summed E-state index contributed by atoms with van der Waals surface area (Å²) >= 11 is 0. The van der Waals surface area contributed by atoms with Crippen LogP contribution >= 0.6 is 0 Å². The molecule has 1 aromatic rings. The first kappa shape index (κ1) is 11.5. The Kier molecular flexibility index (Phi) is 3.23. The number of hydrogen-bond acceptors (Lipinski definition) is 3. The summed E-state index contributed by atoms with van der Waals surface area (Å²) in [5.74, 6) is -0.347. The van der Waals surface area contributed by atoms with E-state index in [2.05, 4.69) is 5.32 Å². The van der Waals surface area contributed by atoms with Gasteiger partial charge in [-0.1, -0.05) is 12.1 Å². The van der Waals surface area contributed by atoms with E-state index in [0.717, 1.165) is 12.8 Å². The van der Waals surface area contributed by atoms with Crippen LogP contribution in [0.15, 0.2) is 24.3 Å². The number of aliphatic hydroxyl groups excluding tert-OH is 2. The highest BCUT2D eigenvalue weighted by Gasteiger charge is 2.41. The summed E-state index contributed by atoms with van der Waals surface area (Å²) in [6, 6.07) is 5.94. The van der Waals surface area contributed by atoms with E-state index in [4.69, 9.17) is 5.11 Å². The average Bonchev–Trinajstić information content (AvgIpc) is 3.07. The molecule has 1 unspecified atom stereocenters. The van der Waals surface area contributed by atoms with Crippen LogP contribution in [0.5, 0.6) is 0 Å². The standard InChI is InChI=1S/C12H16FNO2/c13-10-3-1-2-9(6-10)11(16)7-14-12(8-15)4-5-12/h1-3,6,11,14-16H,4-5,7-8H2. The fraction of sp³-hybridized carbons (Fsp3) is 0.500. The molecule has 0 radical (unpaired) electrons. The first-order chi connectivity index (χ1) is 7.65. The molecular weight excluding hydrogens is 209 g/mol. The van der Waals surface area contributed by atoms with Crippen LogP contribution in [0.4, 0.5) is 4.39 Å². The van der Waals surface area contributed by atoms with Gasteiger partial charge in [-0.25, -0.2) is 4.39 Å². The molecule has 3 N–H and O–H groups in total. The maximum Gasteiger partial charge on any atom is 0.123 e. The third-order valence-electron chi connectivity index (χ3n) is 3.06. The summed E-state index contributed by atoms with van der Waals surface area (Å²) in [4.78, 5) is 0. The summed E-state index contributed by atoms with van der Waals surface area (Å²) in [5.41, 5.74) is 0.357. The van der Waals surface area contributed by atoms with Gasteiger partial charge in [0.05, 0.1) is 12.7 Å². The van der Waals surface area contributed by atoms with Crippen molar-refractivity contribution in [3.63, 3.8) is 0 Å². The Balaban J connectivity index is 1.90. The van der Waals surface area contributed by atoms with Gasteiger partial charge in [0.1, 0.15) is 5.82 Å². The molecule has 0 spiro atoms. The van der Waals surface area contributed by atoms with Crippen molar-refractivity contribution < 1.29 is 14.6 Å². The first-order valence-electron chi connectivity index (χ1n) is 5.45. The molecule has 1 aliphatic rings. The van der Waals surface area contributed by atoms with Crippen molar-refractivity contribution >= 4 is 0 Å².